The van der Waals surface area contributed by atoms with Crippen LogP contribution in [0.3, 0.4) is 0 Å². The van der Waals surface area contributed by atoms with E-state index >= 15 is 0 Å². The van der Waals surface area contributed by atoms with Crippen molar-refractivity contribution in [3.05, 3.63) is 82.4 Å². The number of aromatic nitrogens is 7. The number of fused-ring (bicyclic) bond motifs is 1. The first-order valence-corrected chi connectivity index (χ1v) is 13.6. The standard InChI is InChI=1S/C30H28F3N7O2/c1-16(2)39-14-22(30(31,32)33)37-27(39)20-9-5-18(6-10-20)17(3)40-23(41)12-11-21-13-34-26(38-28(21)40)24-25(19-7-8-19)35-15-36-29(24)42-4/h5-6,9-17,19H,7-8H2,1-4H3. The van der Waals surface area contributed by atoms with Gasteiger partial charge < -0.3 is 9.30 Å². The molecule has 0 amide bonds. The fourth-order valence-corrected chi connectivity index (χ4v) is 5.14. The largest absolute Gasteiger partial charge is 0.480 e. The Kier molecular flexibility index (Phi) is 6.78. The number of benzene rings is 1. The Balaban J connectivity index is 1.42. The zero-order valence-corrected chi connectivity index (χ0v) is 23.4. The lowest BCUT2D eigenvalue weighted by Gasteiger charge is -2.19. The highest BCUT2D eigenvalue weighted by molar-refractivity contribution is 5.78. The van der Waals surface area contributed by atoms with E-state index in [0.29, 0.717) is 33.9 Å². The summed E-state index contributed by atoms with van der Waals surface area (Å²) in [6.45, 7) is 5.47. The molecule has 6 rings (SSSR count). The molecule has 5 aromatic rings. The normalized spacial score (nSPS) is 14.5. The van der Waals surface area contributed by atoms with Crippen LogP contribution in [-0.4, -0.2) is 41.2 Å². The first kappa shape index (κ1) is 27.6. The molecule has 42 heavy (non-hydrogen) atoms. The minimum atomic E-state index is -4.55. The number of halogens is 3. The molecule has 1 fully saturated rings. The molecule has 1 aromatic carbocycles. The highest BCUT2D eigenvalue weighted by Crippen LogP contribution is 2.45. The predicted octanol–water partition coefficient (Wildman–Crippen LogP) is 6.21. The van der Waals surface area contributed by atoms with Crippen LogP contribution in [0.2, 0.25) is 0 Å². The number of pyridine rings is 1. The van der Waals surface area contributed by atoms with Gasteiger partial charge in [0.05, 0.1) is 18.8 Å². The van der Waals surface area contributed by atoms with Crippen LogP contribution in [0.4, 0.5) is 13.2 Å². The topological polar surface area (TPSA) is 101 Å². The number of hydrogen-bond acceptors (Lipinski definition) is 7. The van der Waals surface area contributed by atoms with Gasteiger partial charge in [0, 0.05) is 41.4 Å². The molecule has 1 aliphatic carbocycles. The molecule has 0 aliphatic heterocycles. The minimum Gasteiger partial charge on any atom is -0.480 e. The van der Waals surface area contributed by atoms with Crippen molar-refractivity contribution in [2.24, 2.45) is 0 Å². The molecule has 1 atom stereocenters. The summed E-state index contributed by atoms with van der Waals surface area (Å²) in [5, 5.41) is 0.671. The lowest BCUT2D eigenvalue weighted by Crippen LogP contribution is -2.24. The Labute approximate surface area is 239 Å². The zero-order chi connectivity index (χ0) is 29.8. The predicted molar refractivity (Wildman–Crippen MR) is 150 cm³/mol. The van der Waals surface area contributed by atoms with Crippen LogP contribution in [-0.2, 0) is 6.18 Å². The van der Waals surface area contributed by atoms with Crippen molar-refractivity contribution in [2.45, 2.75) is 57.8 Å². The molecular weight excluding hydrogens is 547 g/mol. The Morgan fingerprint density at radius 2 is 1.71 bits per heavy atom. The van der Waals surface area contributed by atoms with Crippen molar-refractivity contribution in [3.8, 4) is 28.7 Å². The maximum Gasteiger partial charge on any atom is 0.434 e. The van der Waals surface area contributed by atoms with Crippen LogP contribution < -0.4 is 10.3 Å². The van der Waals surface area contributed by atoms with E-state index in [-0.39, 0.29) is 23.3 Å². The molecule has 0 saturated heterocycles. The van der Waals surface area contributed by atoms with Crippen molar-refractivity contribution in [2.75, 3.05) is 7.11 Å². The number of methoxy groups -OCH3 is 1. The number of hydrogen-bond donors (Lipinski definition) is 0. The highest BCUT2D eigenvalue weighted by atomic mass is 19.4. The van der Waals surface area contributed by atoms with Gasteiger partial charge in [0.25, 0.3) is 5.56 Å². The van der Waals surface area contributed by atoms with E-state index in [4.69, 9.17) is 9.72 Å². The van der Waals surface area contributed by atoms with Gasteiger partial charge in [0.2, 0.25) is 5.88 Å². The van der Waals surface area contributed by atoms with E-state index in [1.807, 2.05) is 6.92 Å². The fourth-order valence-electron chi connectivity index (χ4n) is 5.14. The molecular formula is C30H28F3N7O2. The fraction of sp³-hybridized carbons (Fsp3) is 0.333. The van der Waals surface area contributed by atoms with E-state index in [9.17, 15) is 18.0 Å². The maximum absolute atomic E-state index is 13.4. The van der Waals surface area contributed by atoms with Gasteiger partial charge in [-0.25, -0.2) is 24.9 Å². The Morgan fingerprint density at radius 3 is 2.36 bits per heavy atom. The van der Waals surface area contributed by atoms with Gasteiger partial charge in [0.1, 0.15) is 23.4 Å². The molecule has 0 bridgehead atoms. The smallest absolute Gasteiger partial charge is 0.434 e. The number of ether oxygens (including phenoxy) is 1. The molecule has 0 N–H and O–H groups in total. The van der Waals surface area contributed by atoms with E-state index in [1.54, 1.807) is 54.9 Å². The lowest BCUT2D eigenvalue weighted by atomic mass is 10.0. The Morgan fingerprint density at radius 1 is 0.976 bits per heavy atom. The highest BCUT2D eigenvalue weighted by Gasteiger charge is 2.35. The maximum atomic E-state index is 13.4. The summed E-state index contributed by atoms with van der Waals surface area (Å²) in [6.07, 6.45) is 1.63. The number of alkyl halides is 3. The molecule has 4 heterocycles. The monoisotopic (exact) mass is 575 g/mol. The average molecular weight is 576 g/mol. The molecule has 12 heteroatoms. The van der Waals surface area contributed by atoms with Gasteiger partial charge in [-0.3, -0.25) is 9.36 Å². The minimum absolute atomic E-state index is 0.223. The second kappa shape index (κ2) is 10.3. The third-order valence-electron chi connectivity index (χ3n) is 7.51. The molecule has 9 nitrogen and oxygen atoms in total. The summed E-state index contributed by atoms with van der Waals surface area (Å²) < 4.78 is 48.8. The van der Waals surface area contributed by atoms with Crippen LogP contribution in [0.25, 0.3) is 33.8 Å². The molecule has 0 radical (unpaired) electrons. The summed E-state index contributed by atoms with van der Waals surface area (Å²) in [5.74, 6) is 1.24. The summed E-state index contributed by atoms with van der Waals surface area (Å²) in [4.78, 5) is 35.3. The van der Waals surface area contributed by atoms with Gasteiger partial charge in [-0.1, -0.05) is 24.3 Å². The Bertz CT molecular complexity index is 1840. The van der Waals surface area contributed by atoms with Gasteiger partial charge >= 0.3 is 6.18 Å². The summed E-state index contributed by atoms with van der Waals surface area (Å²) in [6, 6.07) is 9.49. The van der Waals surface area contributed by atoms with Crippen molar-refractivity contribution in [1.29, 1.82) is 0 Å². The summed E-state index contributed by atoms with van der Waals surface area (Å²) >= 11 is 0. The zero-order valence-electron chi connectivity index (χ0n) is 23.4. The third kappa shape index (κ3) is 4.90. The van der Waals surface area contributed by atoms with Gasteiger partial charge in [-0.15, -0.1) is 0 Å². The molecule has 1 unspecified atom stereocenters. The SMILES string of the molecule is COc1ncnc(C2CC2)c1-c1ncc2ccc(=O)n(C(C)c3ccc(-c4nc(C(F)(F)F)cn4C(C)C)cc3)c2n1. The van der Waals surface area contributed by atoms with E-state index < -0.39 is 17.9 Å². The molecule has 1 aliphatic rings. The van der Waals surface area contributed by atoms with E-state index in [0.717, 1.165) is 30.3 Å². The summed E-state index contributed by atoms with van der Waals surface area (Å²) in [7, 11) is 1.53. The first-order chi connectivity index (χ1) is 20.1. The van der Waals surface area contributed by atoms with Gasteiger partial charge in [-0.05, 0) is 45.2 Å². The molecule has 4 aromatic heterocycles. The molecule has 1 saturated carbocycles. The Hall–Kier alpha value is -4.61. The van der Waals surface area contributed by atoms with Crippen molar-refractivity contribution in [1.82, 2.24) is 34.1 Å². The van der Waals surface area contributed by atoms with Crippen LogP contribution in [0.1, 0.15) is 68.6 Å². The van der Waals surface area contributed by atoms with Crippen LogP contribution in [0.15, 0.2) is 59.9 Å². The van der Waals surface area contributed by atoms with Crippen molar-refractivity contribution in [3.63, 3.8) is 0 Å². The molecule has 216 valence electrons. The van der Waals surface area contributed by atoms with Crippen molar-refractivity contribution >= 4 is 11.0 Å². The molecule has 0 spiro atoms. The average Bonchev–Trinajstić information content (AvgIpc) is 3.72. The second-order valence-corrected chi connectivity index (χ2v) is 10.7. The number of nitrogens with zero attached hydrogens (tertiary/aromatic N) is 7. The van der Waals surface area contributed by atoms with Crippen LogP contribution >= 0.6 is 0 Å². The number of rotatable bonds is 7. The quantitative estimate of drug-likeness (QED) is 0.228. The van der Waals surface area contributed by atoms with Crippen LogP contribution in [0, 0.1) is 0 Å². The van der Waals surface area contributed by atoms with E-state index in [1.165, 1.54) is 24.1 Å². The van der Waals surface area contributed by atoms with E-state index in [2.05, 4.69) is 19.9 Å². The summed E-state index contributed by atoms with van der Waals surface area (Å²) in [5.41, 5.74) is 1.98. The third-order valence-corrected chi connectivity index (χ3v) is 7.51. The number of imidazole rings is 1. The first-order valence-electron chi connectivity index (χ1n) is 13.6. The second-order valence-electron chi connectivity index (χ2n) is 10.7. The van der Waals surface area contributed by atoms with Crippen LogP contribution in [0.5, 0.6) is 5.88 Å². The lowest BCUT2D eigenvalue weighted by molar-refractivity contribution is -0.140. The van der Waals surface area contributed by atoms with Gasteiger partial charge in [-0.2, -0.15) is 13.2 Å². The van der Waals surface area contributed by atoms with Crippen molar-refractivity contribution < 1.29 is 17.9 Å². The van der Waals surface area contributed by atoms with Gasteiger partial charge in [0.15, 0.2) is 11.5 Å².